The summed E-state index contributed by atoms with van der Waals surface area (Å²) >= 11 is 0. The molecule has 2 heterocycles. The van der Waals surface area contributed by atoms with Gasteiger partial charge in [0.1, 0.15) is 23.6 Å². The van der Waals surface area contributed by atoms with Gasteiger partial charge in [0.15, 0.2) is 0 Å². The van der Waals surface area contributed by atoms with Crippen molar-refractivity contribution in [2.24, 2.45) is 0 Å². The Balaban J connectivity index is 1.83. The molecule has 2 rings (SSSR count). The fraction of sp³-hybridized carbons (Fsp3) is 0.400. The van der Waals surface area contributed by atoms with Crippen LogP contribution in [0.2, 0.25) is 0 Å². The number of nitrogens with one attached hydrogen (secondary N) is 2. The fourth-order valence-corrected chi connectivity index (χ4v) is 1.86. The molecule has 0 fully saturated rings. The van der Waals surface area contributed by atoms with E-state index in [0.29, 0.717) is 23.8 Å². The molecule has 0 aliphatic heterocycles. The Kier molecular flexibility index (Phi) is 5.91. The van der Waals surface area contributed by atoms with E-state index < -0.39 is 0 Å². The van der Waals surface area contributed by atoms with Crippen LogP contribution in [0.1, 0.15) is 22.7 Å². The zero-order chi connectivity index (χ0) is 15.8. The average molecular weight is 303 g/mol. The standard InChI is InChI=1S/C15H21N5O2/c1-20(2)7-4-6-16-14-9-13(18-11-19-14)15(21)17-10-12-5-3-8-22-12/h3,5,8-9,11H,4,6-7,10H2,1-2H3,(H,17,21)(H,16,18,19). The molecular weight excluding hydrogens is 282 g/mol. The second kappa shape index (κ2) is 8.14. The number of rotatable bonds is 8. The molecule has 0 bridgehead atoms. The number of amides is 1. The van der Waals surface area contributed by atoms with Gasteiger partial charge in [-0.1, -0.05) is 0 Å². The summed E-state index contributed by atoms with van der Waals surface area (Å²) in [6, 6.07) is 5.23. The van der Waals surface area contributed by atoms with Crippen molar-refractivity contribution in [3.63, 3.8) is 0 Å². The predicted octanol–water partition coefficient (Wildman–Crippen LogP) is 1.36. The lowest BCUT2D eigenvalue weighted by atomic mass is 10.3. The molecule has 2 N–H and O–H groups in total. The van der Waals surface area contributed by atoms with Gasteiger partial charge in [-0.25, -0.2) is 9.97 Å². The highest BCUT2D eigenvalue weighted by atomic mass is 16.3. The first kappa shape index (κ1) is 16.0. The van der Waals surface area contributed by atoms with Crippen molar-refractivity contribution < 1.29 is 9.21 Å². The normalized spacial score (nSPS) is 10.7. The summed E-state index contributed by atoms with van der Waals surface area (Å²) in [6.45, 7) is 2.12. The van der Waals surface area contributed by atoms with Gasteiger partial charge in [-0.3, -0.25) is 4.79 Å². The van der Waals surface area contributed by atoms with Gasteiger partial charge in [0, 0.05) is 12.6 Å². The van der Waals surface area contributed by atoms with E-state index in [-0.39, 0.29) is 5.91 Å². The van der Waals surface area contributed by atoms with Crippen LogP contribution in [0, 0.1) is 0 Å². The Labute approximate surface area is 129 Å². The minimum absolute atomic E-state index is 0.254. The first-order chi connectivity index (χ1) is 10.6. The van der Waals surface area contributed by atoms with E-state index in [4.69, 9.17) is 4.42 Å². The number of carbonyl (C=O) groups excluding carboxylic acids is 1. The van der Waals surface area contributed by atoms with Crippen LogP contribution in [0.5, 0.6) is 0 Å². The fourth-order valence-electron chi connectivity index (χ4n) is 1.86. The molecule has 0 saturated carbocycles. The number of nitrogens with zero attached hydrogens (tertiary/aromatic N) is 3. The van der Waals surface area contributed by atoms with Gasteiger partial charge in [-0.05, 0) is 39.2 Å². The number of hydrogen-bond acceptors (Lipinski definition) is 6. The highest BCUT2D eigenvalue weighted by molar-refractivity contribution is 5.92. The molecule has 7 nitrogen and oxygen atoms in total. The topological polar surface area (TPSA) is 83.3 Å². The van der Waals surface area contributed by atoms with E-state index in [0.717, 1.165) is 19.5 Å². The van der Waals surface area contributed by atoms with Crippen LogP contribution in [-0.4, -0.2) is 48.0 Å². The molecule has 0 spiro atoms. The molecule has 22 heavy (non-hydrogen) atoms. The lowest BCUT2D eigenvalue weighted by Gasteiger charge is -2.10. The predicted molar refractivity (Wildman–Crippen MR) is 83.6 cm³/mol. The van der Waals surface area contributed by atoms with Gasteiger partial charge in [0.2, 0.25) is 0 Å². The smallest absolute Gasteiger partial charge is 0.270 e. The molecule has 0 unspecified atom stereocenters. The van der Waals surface area contributed by atoms with E-state index in [9.17, 15) is 4.79 Å². The van der Waals surface area contributed by atoms with Crippen LogP contribution < -0.4 is 10.6 Å². The highest BCUT2D eigenvalue weighted by Crippen LogP contribution is 2.05. The molecule has 0 aromatic carbocycles. The van der Waals surface area contributed by atoms with Gasteiger partial charge < -0.3 is 20.0 Å². The third kappa shape index (κ3) is 5.17. The molecule has 2 aromatic heterocycles. The zero-order valence-corrected chi connectivity index (χ0v) is 12.9. The maximum Gasteiger partial charge on any atom is 0.270 e. The molecule has 2 aromatic rings. The van der Waals surface area contributed by atoms with Crippen molar-refractivity contribution in [2.75, 3.05) is 32.5 Å². The van der Waals surface area contributed by atoms with E-state index in [1.54, 1.807) is 24.5 Å². The number of aromatic nitrogens is 2. The van der Waals surface area contributed by atoms with Crippen molar-refractivity contribution in [2.45, 2.75) is 13.0 Å². The lowest BCUT2D eigenvalue weighted by molar-refractivity contribution is 0.0943. The molecular formula is C15H21N5O2. The Hall–Kier alpha value is -2.41. The highest BCUT2D eigenvalue weighted by Gasteiger charge is 2.09. The molecule has 0 aliphatic rings. The van der Waals surface area contributed by atoms with Gasteiger partial charge in [-0.15, -0.1) is 0 Å². The van der Waals surface area contributed by atoms with Gasteiger partial charge in [0.05, 0.1) is 12.8 Å². The zero-order valence-electron chi connectivity index (χ0n) is 12.9. The second-order valence-electron chi connectivity index (χ2n) is 5.13. The Morgan fingerprint density at radius 2 is 2.23 bits per heavy atom. The van der Waals surface area contributed by atoms with Crippen LogP contribution in [0.3, 0.4) is 0 Å². The third-order valence-electron chi connectivity index (χ3n) is 2.99. The minimum Gasteiger partial charge on any atom is -0.467 e. The summed E-state index contributed by atoms with van der Waals surface area (Å²) in [5, 5.41) is 5.94. The van der Waals surface area contributed by atoms with E-state index >= 15 is 0 Å². The average Bonchev–Trinajstić information content (AvgIpc) is 3.03. The molecule has 0 atom stereocenters. The van der Waals surface area contributed by atoms with Crippen LogP contribution in [0.25, 0.3) is 0 Å². The van der Waals surface area contributed by atoms with Crippen molar-refractivity contribution in [3.05, 3.63) is 42.2 Å². The Morgan fingerprint density at radius 1 is 1.36 bits per heavy atom. The molecule has 7 heteroatoms. The quantitative estimate of drug-likeness (QED) is 0.717. The van der Waals surface area contributed by atoms with Crippen LogP contribution in [-0.2, 0) is 6.54 Å². The molecule has 118 valence electrons. The summed E-state index contributed by atoms with van der Waals surface area (Å²) in [5.74, 6) is 1.09. The Morgan fingerprint density at radius 3 is 2.95 bits per heavy atom. The monoisotopic (exact) mass is 303 g/mol. The van der Waals surface area contributed by atoms with Crippen molar-refractivity contribution >= 4 is 11.7 Å². The van der Waals surface area contributed by atoms with Gasteiger partial charge in [-0.2, -0.15) is 0 Å². The maximum absolute atomic E-state index is 12.0. The van der Waals surface area contributed by atoms with E-state index in [1.807, 2.05) is 14.1 Å². The minimum atomic E-state index is -0.254. The first-order valence-electron chi connectivity index (χ1n) is 7.16. The summed E-state index contributed by atoms with van der Waals surface area (Å²) in [7, 11) is 4.07. The van der Waals surface area contributed by atoms with Crippen LogP contribution >= 0.6 is 0 Å². The third-order valence-corrected chi connectivity index (χ3v) is 2.99. The summed E-state index contributed by atoms with van der Waals surface area (Å²) < 4.78 is 5.16. The number of furan rings is 1. The van der Waals surface area contributed by atoms with Crippen molar-refractivity contribution in [3.8, 4) is 0 Å². The number of anilines is 1. The largest absolute Gasteiger partial charge is 0.467 e. The molecule has 0 aliphatic carbocycles. The SMILES string of the molecule is CN(C)CCCNc1cc(C(=O)NCc2ccco2)ncn1. The Bertz CT molecular complexity index is 583. The van der Waals surface area contributed by atoms with Gasteiger partial charge in [0.25, 0.3) is 5.91 Å². The second-order valence-corrected chi connectivity index (χ2v) is 5.13. The number of hydrogen-bond donors (Lipinski definition) is 2. The van der Waals surface area contributed by atoms with E-state index in [1.165, 1.54) is 6.33 Å². The van der Waals surface area contributed by atoms with Crippen LogP contribution in [0.4, 0.5) is 5.82 Å². The molecule has 1 amide bonds. The van der Waals surface area contributed by atoms with Crippen molar-refractivity contribution in [1.82, 2.24) is 20.2 Å². The molecule has 0 saturated heterocycles. The summed E-state index contributed by atoms with van der Waals surface area (Å²) in [6.07, 6.45) is 3.95. The lowest BCUT2D eigenvalue weighted by Crippen LogP contribution is -2.24. The summed E-state index contributed by atoms with van der Waals surface area (Å²) in [5.41, 5.74) is 0.330. The van der Waals surface area contributed by atoms with Crippen molar-refractivity contribution in [1.29, 1.82) is 0 Å². The summed E-state index contributed by atoms with van der Waals surface area (Å²) in [4.78, 5) is 22.3. The van der Waals surface area contributed by atoms with Gasteiger partial charge >= 0.3 is 0 Å². The maximum atomic E-state index is 12.0. The van der Waals surface area contributed by atoms with Crippen LogP contribution in [0.15, 0.2) is 35.2 Å². The first-order valence-corrected chi connectivity index (χ1v) is 7.16. The molecule has 0 radical (unpaired) electrons. The number of carbonyl (C=O) groups is 1. The van der Waals surface area contributed by atoms with E-state index in [2.05, 4.69) is 25.5 Å².